The largest absolute Gasteiger partial charge is 0.356 e. The van der Waals surface area contributed by atoms with Crippen molar-refractivity contribution in [1.82, 2.24) is 30.1 Å². The van der Waals surface area contributed by atoms with Crippen molar-refractivity contribution in [2.45, 2.75) is 25.7 Å². The van der Waals surface area contributed by atoms with E-state index in [0.29, 0.717) is 11.6 Å². The van der Waals surface area contributed by atoms with Gasteiger partial charge in [0.1, 0.15) is 17.2 Å². The molecule has 0 amide bonds. The first kappa shape index (κ1) is 13.1. The molecule has 3 aromatic rings. The Morgan fingerprint density at radius 1 is 1.18 bits per heavy atom. The molecule has 0 bridgehead atoms. The molecule has 1 fully saturated rings. The summed E-state index contributed by atoms with van der Waals surface area (Å²) in [6.07, 6.45) is 7.45. The SMILES string of the molecule is Cc1nccc(N2CCC[C@H](c3[nH]nc4nccnc34)C2)n1. The van der Waals surface area contributed by atoms with Crippen molar-refractivity contribution in [2.75, 3.05) is 18.0 Å². The zero-order valence-corrected chi connectivity index (χ0v) is 12.4. The van der Waals surface area contributed by atoms with Crippen molar-refractivity contribution >= 4 is 17.0 Å². The number of piperidine rings is 1. The first-order valence-corrected chi connectivity index (χ1v) is 7.51. The second-order valence-electron chi connectivity index (χ2n) is 5.61. The monoisotopic (exact) mass is 295 g/mol. The Morgan fingerprint density at radius 3 is 3.00 bits per heavy atom. The molecule has 4 rings (SSSR count). The van der Waals surface area contributed by atoms with Gasteiger partial charge < -0.3 is 4.90 Å². The minimum atomic E-state index is 0.366. The summed E-state index contributed by atoms with van der Waals surface area (Å²) >= 11 is 0. The number of rotatable bonds is 2. The highest BCUT2D eigenvalue weighted by atomic mass is 15.2. The molecule has 3 aromatic heterocycles. The van der Waals surface area contributed by atoms with Gasteiger partial charge >= 0.3 is 0 Å². The first-order valence-electron chi connectivity index (χ1n) is 7.51. The Kier molecular flexibility index (Phi) is 3.17. The molecule has 0 radical (unpaired) electrons. The van der Waals surface area contributed by atoms with Gasteiger partial charge in [-0.1, -0.05) is 0 Å². The molecule has 1 aliphatic rings. The van der Waals surface area contributed by atoms with Crippen LogP contribution in [0.3, 0.4) is 0 Å². The van der Waals surface area contributed by atoms with E-state index in [1.807, 2.05) is 19.2 Å². The number of hydrogen-bond acceptors (Lipinski definition) is 6. The van der Waals surface area contributed by atoms with Crippen LogP contribution in [0.15, 0.2) is 24.7 Å². The maximum absolute atomic E-state index is 4.54. The van der Waals surface area contributed by atoms with Crippen LogP contribution in [-0.2, 0) is 0 Å². The summed E-state index contributed by atoms with van der Waals surface area (Å²) < 4.78 is 0. The molecule has 7 heteroatoms. The summed E-state index contributed by atoms with van der Waals surface area (Å²) in [5.41, 5.74) is 2.65. The summed E-state index contributed by atoms with van der Waals surface area (Å²) in [6.45, 7) is 3.85. The van der Waals surface area contributed by atoms with Crippen molar-refractivity contribution in [3.63, 3.8) is 0 Å². The van der Waals surface area contributed by atoms with Gasteiger partial charge in [-0.15, -0.1) is 0 Å². The van der Waals surface area contributed by atoms with Gasteiger partial charge in [0.05, 0.1) is 5.69 Å². The van der Waals surface area contributed by atoms with Gasteiger partial charge in [-0.2, -0.15) is 5.10 Å². The number of hydrogen-bond donors (Lipinski definition) is 1. The summed E-state index contributed by atoms with van der Waals surface area (Å²) in [5.74, 6) is 2.16. The standard InChI is InChI=1S/C15H17N7/c1-10-16-5-4-12(19-10)22-8-2-3-11(9-22)13-14-15(21-20-13)18-7-6-17-14/h4-7,11H,2-3,8-9H2,1H3,(H,18,20,21)/t11-/m0/s1. The van der Waals surface area contributed by atoms with E-state index in [0.717, 1.165) is 48.8 Å². The zero-order chi connectivity index (χ0) is 14.9. The Labute approximate surface area is 127 Å². The normalized spacial score (nSPS) is 18.8. The summed E-state index contributed by atoms with van der Waals surface area (Å²) in [6, 6.07) is 1.97. The van der Waals surface area contributed by atoms with E-state index in [9.17, 15) is 0 Å². The average Bonchev–Trinajstić information content (AvgIpc) is 2.99. The fourth-order valence-corrected chi connectivity index (χ4v) is 3.09. The third-order valence-corrected chi connectivity index (χ3v) is 4.13. The van der Waals surface area contributed by atoms with Gasteiger partial charge in [-0.05, 0) is 25.8 Å². The Hall–Kier alpha value is -2.57. The van der Waals surface area contributed by atoms with E-state index in [1.165, 1.54) is 0 Å². The fraction of sp³-hybridized carbons (Fsp3) is 0.400. The lowest BCUT2D eigenvalue weighted by Gasteiger charge is -2.33. The number of aryl methyl sites for hydroxylation is 1. The third-order valence-electron chi connectivity index (χ3n) is 4.13. The molecule has 0 spiro atoms. The van der Waals surface area contributed by atoms with Gasteiger partial charge in [0.2, 0.25) is 0 Å². The summed E-state index contributed by atoms with van der Waals surface area (Å²) in [4.78, 5) is 19.7. The lowest BCUT2D eigenvalue weighted by atomic mass is 9.94. The highest BCUT2D eigenvalue weighted by Gasteiger charge is 2.26. The van der Waals surface area contributed by atoms with Crippen LogP contribution in [0.2, 0.25) is 0 Å². The smallest absolute Gasteiger partial charge is 0.199 e. The van der Waals surface area contributed by atoms with Crippen LogP contribution in [0.25, 0.3) is 11.2 Å². The molecule has 1 saturated heterocycles. The third kappa shape index (κ3) is 2.28. The van der Waals surface area contributed by atoms with Gasteiger partial charge in [0, 0.05) is 37.6 Å². The van der Waals surface area contributed by atoms with E-state index in [1.54, 1.807) is 12.4 Å². The molecule has 0 aliphatic carbocycles. The highest BCUT2D eigenvalue weighted by molar-refractivity contribution is 5.73. The van der Waals surface area contributed by atoms with Gasteiger partial charge in [0.25, 0.3) is 0 Å². The minimum Gasteiger partial charge on any atom is -0.356 e. The maximum atomic E-state index is 4.54. The molecule has 22 heavy (non-hydrogen) atoms. The molecular weight excluding hydrogens is 278 g/mol. The van der Waals surface area contributed by atoms with Crippen molar-refractivity contribution in [3.8, 4) is 0 Å². The number of fused-ring (bicyclic) bond motifs is 1. The van der Waals surface area contributed by atoms with E-state index >= 15 is 0 Å². The predicted molar refractivity (Wildman–Crippen MR) is 82.6 cm³/mol. The fourth-order valence-electron chi connectivity index (χ4n) is 3.09. The molecule has 7 nitrogen and oxygen atoms in total. The molecule has 0 aromatic carbocycles. The number of nitrogens with one attached hydrogen (secondary N) is 1. The van der Waals surface area contributed by atoms with Crippen LogP contribution >= 0.6 is 0 Å². The van der Waals surface area contributed by atoms with E-state index < -0.39 is 0 Å². The maximum Gasteiger partial charge on any atom is 0.199 e. The van der Waals surface area contributed by atoms with Gasteiger partial charge in [0.15, 0.2) is 5.65 Å². The summed E-state index contributed by atoms with van der Waals surface area (Å²) in [5, 5.41) is 7.40. The zero-order valence-electron chi connectivity index (χ0n) is 12.4. The second kappa shape index (κ2) is 5.32. The Bertz CT molecular complexity index is 797. The first-order chi connectivity index (χ1) is 10.8. The van der Waals surface area contributed by atoms with Crippen LogP contribution in [-0.4, -0.2) is 43.2 Å². The minimum absolute atomic E-state index is 0.366. The molecule has 4 heterocycles. The van der Waals surface area contributed by atoms with Crippen molar-refractivity contribution in [3.05, 3.63) is 36.2 Å². The van der Waals surface area contributed by atoms with Crippen LogP contribution in [0.1, 0.15) is 30.3 Å². The molecule has 1 aliphatic heterocycles. The molecule has 112 valence electrons. The molecule has 1 atom stereocenters. The number of aromatic nitrogens is 6. The van der Waals surface area contributed by atoms with Crippen molar-refractivity contribution < 1.29 is 0 Å². The molecule has 1 N–H and O–H groups in total. The quantitative estimate of drug-likeness (QED) is 0.776. The van der Waals surface area contributed by atoms with Gasteiger partial charge in [-0.3, -0.25) is 5.10 Å². The highest BCUT2D eigenvalue weighted by Crippen LogP contribution is 2.30. The number of H-pyrrole nitrogens is 1. The number of anilines is 1. The molecular formula is C15H17N7. The number of aromatic amines is 1. The van der Waals surface area contributed by atoms with Crippen LogP contribution < -0.4 is 4.90 Å². The van der Waals surface area contributed by atoms with E-state index in [-0.39, 0.29) is 0 Å². The lowest BCUT2D eigenvalue weighted by Crippen LogP contribution is -2.35. The van der Waals surface area contributed by atoms with Crippen LogP contribution in [0.5, 0.6) is 0 Å². The van der Waals surface area contributed by atoms with Gasteiger partial charge in [-0.25, -0.2) is 19.9 Å². The van der Waals surface area contributed by atoms with Crippen molar-refractivity contribution in [2.24, 2.45) is 0 Å². The average molecular weight is 295 g/mol. The molecule has 0 unspecified atom stereocenters. The van der Waals surface area contributed by atoms with Crippen LogP contribution in [0.4, 0.5) is 5.82 Å². The second-order valence-corrected chi connectivity index (χ2v) is 5.61. The van der Waals surface area contributed by atoms with Crippen molar-refractivity contribution in [1.29, 1.82) is 0 Å². The molecule has 0 saturated carbocycles. The van der Waals surface area contributed by atoms with E-state index in [4.69, 9.17) is 0 Å². The Balaban J connectivity index is 1.63. The number of nitrogens with zero attached hydrogens (tertiary/aromatic N) is 6. The topological polar surface area (TPSA) is 83.5 Å². The predicted octanol–water partition coefficient (Wildman–Crippen LogP) is 1.84. The Morgan fingerprint density at radius 2 is 2.09 bits per heavy atom. The van der Waals surface area contributed by atoms with Crippen LogP contribution in [0, 0.1) is 6.92 Å². The lowest BCUT2D eigenvalue weighted by molar-refractivity contribution is 0.499. The summed E-state index contributed by atoms with van der Waals surface area (Å²) in [7, 11) is 0. The van der Waals surface area contributed by atoms with E-state index in [2.05, 4.69) is 35.0 Å².